The average Bonchev–Trinajstić information content (AvgIpc) is 2.95. The topological polar surface area (TPSA) is 51.2 Å². The number of anilines is 1. The molecule has 1 aromatic carbocycles. The van der Waals surface area contributed by atoms with Crippen LogP contribution in [0.3, 0.4) is 0 Å². The molecule has 1 N–H and O–H groups in total. The van der Waals surface area contributed by atoms with Crippen LogP contribution in [0, 0.1) is 0 Å². The lowest BCUT2D eigenvalue weighted by atomic mass is 10.1. The lowest BCUT2D eigenvalue weighted by molar-refractivity contribution is -0.111. The van der Waals surface area contributed by atoms with E-state index in [0.717, 1.165) is 24.3 Å². The highest BCUT2D eigenvalue weighted by molar-refractivity contribution is 6.30. The molecule has 0 spiro atoms. The van der Waals surface area contributed by atoms with Crippen molar-refractivity contribution in [1.29, 1.82) is 0 Å². The molecule has 2 aromatic rings. The number of fused-ring (bicyclic) bond motifs is 1. The minimum atomic E-state index is -0.235. The molecule has 0 bridgehead atoms. The Morgan fingerprint density at radius 3 is 3.05 bits per heavy atom. The van der Waals surface area contributed by atoms with E-state index in [1.54, 1.807) is 18.2 Å². The summed E-state index contributed by atoms with van der Waals surface area (Å²) in [7, 11) is 0. The second-order valence-electron chi connectivity index (χ2n) is 4.65. The Labute approximate surface area is 127 Å². The Bertz CT molecular complexity index is 696. The predicted octanol–water partition coefficient (Wildman–Crippen LogP) is 3.32. The highest BCUT2D eigenvalue weighted by Crippen LogP contribution is 2.26. The molecule has 0 aliphatic carbocycles. The van der Waals surface area contributed by atoms with Crippen LogP contribution in [0.1, 0.15) is 11.1 Å². The minimum Gasteiger partial charge on any atom is -0.493 e. The summed E-state index contributed by atoms with van der Waals surface area (Å²) in [6, 6.07) is 9.22. The van der Waals surface area contributed by atoms with Crippen molar-refractivity contribution in [3.05, 3.63) is 58.8 Å². The molecule has 0 radical (unpaired) electrons. The Kier molecular flexibility index (Phi) is 3.88. The van der Waals surface area contributed by atoms with E-state index in [1.165, 1.54) is 17.8 Å². The number of hydrogen-bond acceptors (Lipinski definition) is 3. The van der Waals surface area contributed by atoms with Crippen molar-refractivity contribution in [2.45, 2.75) is 6.42 Å². The SMILES string of the molecule is O=C(C=Cc1ccc2c(c1)CCO2)Nc1ccc(Cl)cn1. The number of carbonyl (C=O) groups excluding carboxylic acids is 1. The summed E-state index contributed by atoms with van der Waals surface area (Å²) in [4.78, 5) is 15.8. The van der Waals surface area contributed by atoms with Gasteiger partial charge >= 0.3 is 0 Å². The average molecular weight is 301 g/mol. The Hall–Kier alpha value is -2.33. The summed E-state index contributed by atoms with van der Waals surface area (Å²) in [5, 5.41) is 3.20. The minimum absolute atomic E-state index is 0.235. The molecule has 0 saturated heterocycles. The molecule has 1 aliphatic rings. The molecular weight excluding hydrogens is 288 g/mol. The van der Waals surface area contributed by atoms with Crippen molar-refractivity contribution < 1.29 is 9.53 Å². The van der Waals surface area contributed by atoms with Gasteiger partial charge in [0.25, 0.3) is 0 Å². The second-order valence-corrected chi connectivity index (χ2v) is 5.09. The summed E-state index contributed by atoms with van der Waals surface area (Å²) in [5.41, 5.74) is 2.15. The molecule has 3 rings (SSSR count). The summed E-state index contributed by atoms with van der Waals surface area (Å²) >= 11 is 5.74. The summed E-state index contributed by atoms with van der Waals surface area (Å²) in [5.74, 6) is 1.17. The maximum absolute atomic E-state index is 11.8. The van der Waals surface area contributed by atoms with Gasteiger partial charge in [0.05, 0.1) is 11.6 Å². The van der Waals surface area contributed by atoms with Gasteiger partial charge in [0.15, 0.2) is 0 Å². The molecule has 0 saturated carbocycles. The van der Waals surface area contributed by atoms with E-state index in [-0.39, 0.29) is 5.91 Å². The third-order valence-corrected chi connectivity index (χ3v) is 3.34. The van der Waals surface area contributed by atoms with Gasteiger partial charge in [-0.1, -0.05) is 17.7 Å². The van der Waals surface area contributed by atoms with Crippen molar-refractivity contribution in [3.8, 4) is 5.75 Å². The van der Waals surface area contributed by atoms with Crippen LogP contribution in [-0.4, -0.2) is 17.5 Å². The third kappa shape index (κ3) is 3.41. The number of carbonyl (C=O) groups is 1. The molecule has 21 heavy (non-hydrogen) atoms. The maximum Gasteiger partial charge on any atom is 0.249 e. The van der Waals surface area contributed by atoms with Crippen LogP contribution < -0.4 is 10.1 Å². The monoisotopic (exact) mass is 300 g/mol. The van der Waals surface area contributed by atoms with Crippen LogP contribution in [0.2, 0.25) is 5.02 Å². The zero-order valence-electron chi connectivity index (χ0n) is 11.2. The molecule has 106 valence electrons. The summed E-state index contributed by atoms with van der Waals surface area (Å²) in [6.45, 7) is 0.727. The fourth-order valence-electron chi connectivity index (χ4n) is 2.10. The predicted molar refractivity (Wildman–Crippen MR) is 82.6 cm³/mol. The normalized spacial score (nSPS) is 13.0. The van der Waals surface area contributed by atoms with E-state index in [0.29, 0.717) is 10.8 Å². The molecule has 4 nitrogen and oxygen atoms in total. The van der Waals surface area contributed by atoms with E-state index in [1.807, 2.05) is 18.2 Å². The van der Waals surface area contributed by atoms with Crippen LogP contribution in [0.15, 0.2) is 42.6 Å². The van der Waals surface area contributed by atoms with Gasteiger partial charge in [-0.15, -0.1) is 0 Å². The maximum atomic E-state index is 11.8. The highest BCUT2D eigenvalue weighted by Gasteiger charge is 2.11. The van der Waals surface area contributed by atoms with Crippen molar-refractivity contribution >= 4 is 29.4 Å². The van der Waals surface area contributed by atoms with Gasteiger partial charge < -0.3 is 10.1 Å². The van der Waals surface area contributed by atoms with Gasteiger partial charge in [0.1, 0.15) is 11.6 Å². The molecule has 0 unspecified atom stereocenters. The second kappa shape index (κ2) is 5.97. The van der Waals surface area contributed by atoms with Gasteiger partial charge in [0.2, 0.25) is 5.91 Å². The lowest BCUT2D eigenvalue weighted by Gasteiger charge is -2.01. The summed E-state index contributed by atoms with van der Waals surface area (Å²) in [6.07, 6.45) is 5.65. The summed E-state index contributed by atoms with van der Waals surface area (Å²) < 4.78 is 5.45. The van der Waals surface area contributed by atoms with Crippen molar-refractivity contribution in [2.75, 3.05) is 11.9 Å². The first-order valence-electron chi connectivity index (χ1n) is 6.57. The van der Waals surface area contributed by atoms with Crippen molar-refractivity contribution in [1.82, 2.24) is 4.98 Å². The number of benzene rings is 1. The van der Waals surface area contributed by atoms with Gasteiger partial charge in [-0.3, -0.25) is 4.79 Å². The van der Waals surface area contributed by atoms with E-state index >= 15 is 0 Å². The fraction of sp³-hybridized carbons (Fsp3) is 0.125. The standard InChI is InChI=1S/C16H13ClN2O2/c17-13-3-5-15(18-10-13)19-16(20)6-2-11-1-4-14-12(9-11)7-8-21-14/h1-6,9-10H,7-8H2,(H,18,19,20). The van der Waals surface area contributed by atoms with E-state index in [9.17, 15) is 4.79 Å². The van der Waals surface area contributed by atoms with Crippen LogP contribution in [0.25, 0.3) is 6.08 Å². The number of nitrogens with one attached hydrogen (secondary N) is 1. The van der Waals surface area contributed by atoms with Crippen molar-refractivity contribution in [3.63, 3.8) is 0 Å². The van der Waals surface area contributed by atoms with Crippen molar-refractivity contribution in [2.24, 2.45) is 0 Å². The first kappa shape index (κ1) is 13.6. The first-order valence-corrected chi connectivity index (χ1v) is 6.95. The molecule has 0 atom stereocenters. The van der Waals surface area contributed by atoms with Gasteiger partial charge in [0, 0.05) is 18.7 Å². The molecule has 2 heterocycles. The highest BCUT2D eigenvalue weighted by atomic mass is 35.5. The van der Waals surface area contributed by atoms with E-state index < -0.39 is 0 Å². The van der Waals surface area contributed by atoms with Crippen LogP contribution in [0.5, 0.6) is 5.75 Å². The zero-order valence-corrected chi connectivity index (χ0v) is 11.9. The number of pyridine rings is 1. The molecule has 5 heteroatoms. The number of halogens is 1. The third-order valence-electron chi connectivity index (χ3n) is 3.12. The number of rotatable bonds is 3. The van der Waals surface area contributed by atoms with Crippen LogP contribution in [0.4, 0.5) is 5.82 Å². The Balaban J connectivity index is 1.65. The molecular formula is C16H13ClN2O2. The fourth-order valence-corrected chi connectivity index (χ4v) is 2.21. The van der Waals surface area contributed by atoms with Crippen LogP contribution >= 0.6 is 11.6 Å². The number of aromatic nitrogens is 1. The molecule has 0 fully saturated rings. The lowest BCUT2D eigenvalue weighted by Crippen LogP contribution is -2.08. The number of hydrogen-bond donors (Lipinski definition) is 1. The number of nitrogens with zero attached hydrogens (tertiary/aromatic N) is 1. The largest absolute Gasteiger partial charge is 0.493 e. The molecule has 1 amide bonds. The number of amides is 1. The first-order chi connectivity index (χ1) is 10.2. The van der Waals surface area contributed by atoms with E-state index in [4.69, 9.17) is 16.3 Å². The zero-order chi connectivity index (χ0) is 14.7. The quantitative estimate of drug-likeness (QED) is 0.885. The van der Waals surface area contributed by atoms with E-state index in [2.05, 4.69) is 10.3 Å². The van der Waals surface area contributed by atoms with Gasteiger partial charge in [-0.2, -0.15) is 0 Å². The van der Waals surface area contributed by atoms with Crippen LogP contribution in [-0.2, 0) is 11.2 Å². The number of ether oxygens (including phenoxy) is 1. The molecule has 1 aliphatic heterocycles. The Morgan fingerprint density at radius 2 is 2.24 bits per heavy atom. The molecule has 1 aromatic heterocycles. The smallest absolute Gasteiger partial charge is 0.249 e. The van der Waals surface area contributed by atoms with Gasteiger partial charge in [-0.05, 0) is 41.5 Å². The Morgan fingerprint density at radius 1 is 1.33 bits per heavy atom. The van der Waals surface area contributed by atoms with Gasteiger partial charge in [-0.25, -0.2) is 4.98 Å².